The first kappa shape index (κ1) is 31.1. The zero-order valence-electron chi connectivity index (χ0n) is 22.8. The van der Waals surface area contributed by atoms with E-state index < -0.39 is 17.4 Å². The molecule has 2 atom stereocenters. The average molecular weight is 505 g/mol. The minimum Gasteiger partial charge on any atom is -0.460 e. The molecule has 5 N–H and O–H groups in total. The van der Waals surface area contributed by atoms with Gasteiger partial charge in [0.1, 0.15) is 6.61 Å². The smallest absolute Gasteiger partial charge is 0.312 e. The van der Waals surface area contributed by atoms with Crippen LogP contribution in [0.25, 0.3) is 0 Å². The highest BCUT2D eigenvalue weighted by molar-refractivity contribution is 5.96. The molecule has 9 nitrogen and oxygen atoms in total. The molecule has 1 aromatic rings. The standard InChI is InChI=1S/C27H44N4O5/c1-17(2)23(30-18(3)4)22(32)15-20(9-8-14-29-26(28)35)24(33)31-21-12-10-19(11-13-21)16-36-25(34)27(5,6)7/h10-13,17-18,20,23,30H,8-9,14-16H2,1-7H3,(H,31,33)(H3,28,29,35)/t20-,23+/m0/s1. The van der Waals surface area contributed by atoms with Crippen molar-refractivity contribution in [3.05, 3.63) is 29.8 Å². The van der Waals surface area contributed by atoms with E-state index in [1.165, 1.54) is 0 Å². The van der Waals surface area contributed by atoms with E-state index in [0.29, 0.717) is 25.1 Å². The molecule has 0 unspecified atom stereocenters. The third-order valence-corrected chi connectivity index (χ3v) is 5.58. The fourth-order valence-electron chi connectivity index (χ4n) is 3.57. The summed E-state index contributed by atoms with van der Waals surface area (Å²) in [5.74, 6) is -1.04. The summed E-state index contributed by atoms with van der Waals surface area (Å²) in [5, 5.41) is 8.71. The molecule has 9 heteroatoms. The molecule has 3 amide bonds. The van der Waals surface area contributed by atoms with E-state index in [-0.39, 0.29) is 48.7 Å². The summed E-state index contributed by atoms with van der Waals surface area (Å²) in [6.45, 7) is 13.8. The summed E-state index contributed by atoms with van der Waals surface area (Å²) < 4.78 is 5.33. The number of benzene rings is 1. The molecule has 0 spiro atoms. The number of nitrogens with two attached hydrogens (primary N) is 1. The number of rotatable bonds is 14. The number of ketones is 1. The van der Waals surface area contributed by atoms with Crippen molar-refractivity contribution in [2.45, 2.75) is 86.4 Å². The first-order valence-corrected chi connectivity index (χ1v) is 12.6. The van der Waals surface area contributed by atoms with Gasteiger partial charge in [-0.25, -0.2) is 4.79 Å². The van der Waals surface area contributed by atoms with Crippen molar-refractivity contribution in [3.8, 4) is 0 Å². The fourth-order valence-corrected chi connectivity index (χ4v) is 3.57. The van der Waals surface area contributed by atoms with Crippen LogP contribution in [0.15, 0.2) is 24.3 Å². The van der Waals surface area contributed by atoms with Crippen LogP contribution >= 0.6 is 0 Å². The molecule has 202 valence electrons. The molecule has 0 heterocycles. The van der Waals surface area contributed by atoms with Gasteiger partial charge >= 0.3 is 12.0 Å². The highest BCUT2D eigenvalue weighted by Crippen LogP contribution is 2.20. The van der Waals surface area contributed by atoms with Crippen LogP contribution < -0.4 is 21.7 Å². The van der Waals surface area contributed by atoms with Gasteiger partial charge in [0.15, 0.2) is 5.78 Å². The van der Waals surface area contributed by atoms with Crippen molar-refractivity contribution in [1.82, 2.24) is 10.6 Å². The van der Waals surface area contributed by atoms with Crippen molar-refractivity contribution < 1.29 is 23.9 Å². The maximum Gasteiger partial charge on any atom is 0.312 e. The van der Waals surface area contributed by atoms with E-state index in [4.69, 9.17) is 10.5 Å². The number of carbonyl (C=O) groups is 4. The normalized spacial score (nSPS) is 13.2. The Morgan fingerprint density at radius 1 is 1.00 bits per heavy atom. The number of anilines is 1. The van der Waals surface area contributed by atoms with Crippen LogP contribution in [0.3, 0.4) is 0 Å². The van der Waals surface area contributed by atoms with Gasteiger partial charge in [-0.2, -0.15) is 0 Å². The maximum absolute atomic E-state index is 13.1. The summed E-state index contributed by atoms with van der Waals surface area (Å²) >= 11 is 0. The van der Waals surface area contributed by atoms with Crippen molar-refractivity contribution in [2.75, 3.05) is 11.9 Å². The number of carbonyl (C=O) groups excluding carboxylic acids is 4. The molecule has 0 bridgehead atoms. The molecule has 0 aliphatic heterocycles. The van der Waals surface area contributed by atoms with Gasteiger partial charge in [0.25, 0.3) is 0 Å². The quantitative estimate of drug-likeness (QED) is 0.225. The average Bonchev–Trinajstić information content (AvgIpc) is 2.77. The Morgan fingerprint density at radius 3 is 2.11 bits per heavy atom. The van der Waals surface area contributed by atoms with E-state index in [1.54, 1.807) is 45.0 Å². The predicted octanol–water partition coefficient (Wildman–Crippen LogP) is 3.76. The summed E-state index contributed by atoms with van der Waals surface area (Å²) in [5.41, 5.74) is 5.93. The minimum absolute atomic E-state index is 0.0160. The monoisotopic (exact) mass is 504 g/mol. The molecule has 0 saturated carbocycles. The molecule has 0 aliphatic rings. The van der Waals surface area contributed by atoms with E-state index in [1.807, 2.05) is 27.7 Å². The van der Waals surface area contributed by atoms with Crippen molar-refractivity contribution in [3.63, 3.8) is 0 Å². The Balaban J connectivity index is 2.86. The third-order valence-electron chi connectivity index (χ3n) is 5.58. The van der Waals surface area contributed by atoms with E-state index in [9.17, 15) is 19.2 Å². The van der Waals surface area contributed by atoms with Gasteiger partial charge < -0.3 is 26.4 Å². The van der Waals surface area contributed by atoms with Crippen molar-refractivity contribution in [1.29, 1.82) is 0 Å². The van der Waals surface area contributed by atoms with E-state index in [2.05, 4.69) is 16.0 Å². The van der Waals surface area contributed by atoms with Crippen LogP contribution in [0.1, 0.15) is 73.3 Å². The van der Waals surface area contributed by atoms with Crippen LogP contribution in [0.4, 0.5) is 10.5 Å². The Bertz CT molecular complexity index is 875. The molecule has 0 fully saturated rings. The lowest BCUT2D eigenvalue weighted by atomic mass is 9.89. The number of ether oxygens (including phenoxy) is 1. The van der Waals surface area contributed by atoms with Crippen molar-refractivity contribution >= 4 is 29.4 Å². The largest absolute Gasteiger partial charge is 0.460 e. The Kier molecular flexibility index (Phi) is 12.6. The van der Waals surface area contributed by atoms with E-state index >= 15 is 0 Å². The van der Waals surface area contributed by atoms with Gasteiger partial charge in [0, 0.05) is 30.6 Å². The fraction of sp³-hybridized carbons (Fsp3) is 0.630. The molecule has 36 heavy (non-hydrogen) atoms. The van der Waals surface area contributed by atoms with Gasteiger partial charge in [-0.3, -0.25) is 14.4 Å². The SMILES string of the molecule is CC(C)N[C@@H](C(=O)C[C@H](CCCNC(N)=O)C(=O)Nc1ccc(COC(=O)C(C)(C)C)cc1)C(C)C. The van der Waals surface area contributed by atoms with Crippen LogP contribution in [-0.4, -0.2) is 42.3 Å². The molecular weight excluding hydrogens is 460 g/mol. The summed E-state index contributed by atoms with van der Waals surface area (Å²) in [4.78, 5) is 49.2. The molecule has 1 rings (SSSR count). The molecular formula is C27H44N4O5. The number of hydrogen-bond acceptors (Lipinski definition) is 6. The number of urea groups is 1. The third kappa shape index (κ3) is 11.7. The number of primary amides is 1. The van der Waals surface area contributed by atoms with Gasteiger partial charge in [0.05, 0.1) is 11.5 Å². The first-order valence-electron chi connectivity index (χ1n) is 12.6. The molecule has 1 aromatic carbocycles. The van der Waals surface area contributed by atoms with Crippen LogP contribution in [0.5, 0.6) is 0 Å². The number of esters is 1. The molecule has 0 saturated heterocycles. The summed E-state index contributed by atoms with van der Waals surface area (Å²) in [7, 11) is 0. The summed E-state index contributed by atoms with van der Waals surface area (Å²) in [6, 6.07) is 6.20. The van der Waals surface area contributed by atoms with Crippen LogP contribution in [0.2, 0.25) is 0 Å². The first-order chi connectivity index (χ1) is 16.7. The highest BCUT2D eigenvalue weighted by Gasteiger charge is 2.28. The predicted molar refractivity (Wildman–Crippen MR) is 141 cm³/mol. The van der Waals surface area contributed by atoms with Crippen LogP contribution in [-0.2, 0) is 25.7 Å². The highest BCUT2D eigenvalue weighted by atomic mass is 16.5. The van der Waals surface area contributed by atoms with Gasteiger partial charge in [-0.15, -0.1) is 0 Å². The van der Waals surface area contributed by atoms with Crippen molar-refractivity contribution in [2.24, 2.45) is 23.0 Å². The second kappa shape index (κ2) is 14.6. The van der Waals surface area contributed by atoms with Crippen LogP contribution in [0, 0.1) is 17.3 Å². The molecule has 0 aliphatic carbocycles. The van der Waals surface area contributed by atoms with Gasteiger partial charge in [-0.05, 0) is 57.2 Å². The lowest BCUT2D eigenvalue weighted by Gasteiger charge is -2.25. The lowest BCUT2D eigenvalue weighted by molar-refractivity contribution is -0.154. The Labute approximate surface area is 215 Å². The number of nitrogens with one attached hydrogen (secondary N) is 3. The second-order valence-electron chi connectivity index (χ2n) is 10.9. The zero-order chi connectivity index (χ0) is 27.5. The van der Waals surface area contributed by atoms with Gasteiger partial charge in [0.2, 0.25) is 5.91 Å². The minimum atomic E-state index is -0.624. The number of amides is 3. The maximum atomic E-state index is 13.1. The zero-order valence-corrected chi connectivity index (χ0v) is 22.8. The second-order valence-corrected chi connectivity index (χ2v) is 10.9. The van der Waals surface area contributed by atoms with Gasteiger partial charge in [-0.1, -0.05) is 39.8 Å². The Morgan fingerprint density at radius 2 is 1.61 bits per heavy atom. The lowest BCUT2D eigenvalue weighted by Crippen LogP contribution is -2.45. The Hall–Kier alpha value is -2.94. The summed E-state index contributed by atoms with van der Waals surface area (Å²) in [6.07, 6.45) is 1.02. The number of Topliss-reactive ketones (excluding diaryl/α,β-unsaturated/α-hetero) is 1. The topological polar surface area (TPSA) is 140 Å². The number of hydrogen-bond donors (Lipinski definition) is 4. The molecule has 0 radical (unpaired) electrons. The van der Waals surface area contributed by atoms with E-state index in [0.717, 1.165) is 5.56 Å². The molecule has 0 aromatic heterocycles.